The first-order valence-corrected chi connectivity index (χ1v) is 10.4. The van der Waals surface area contributed by atoms with Gasteiger partial charge in [-0.2, -0.15) is 0 Å². The second kappa shape index (κ2) is 7.39. The largest absolute Gasteiger partial charge is 0.495 e. The summed E-state index contributed by atoms with van der Waals surface area (Å²) in [6.45, 7) is 2.48. The van der Waals surface area contributed by atoms with Crippen LogP contribution in [0.2, 0.25) is 5.02 Å². The van der Waals surface area contributed by atoms with Gasteiger partial charge in [-0.3, -0.25) is 4.90 Å². The van der Waals surface area contributed by atoms with Crippen molar-refractivity contribution < 1.29 is 17.9 Å². The van der Waals surface area contributed by atoms with Crippen molar-refractivity contribution in [2.45, 2.75) is 12.5 Å². The van der Waals surface area contributed by atoms with Crippen LogP contribution in [0.15, 0.2) is 18.2 Å². The number of hydrogen-bond donors (Lipinski definition) is 1. The molecule has 1 unspecified atom stereocenters. The molecule has 1 aromatic carbocycles. The lowest BCUT2D eigenvalue weighted by Gasteiger charge is -2.37. The van der Waals surface area contributed by atoms with Gasteiger partial charge in [0.1, 0.15) is 5.75 Å². The number of carbonyl (C=O) groups excluding carboxylic acids is 1. The van der Waals surface area contributed by atoms with Crippen LogP contribution in [0.25, 0.3) is 0 Å². The van der Waals surface area contributed by atoms with Gasteiger partial charge in [0, 0.05) is 37.2 Å². The summed E-state index contributed by atoms with van der Waals surface area (Å²) >= 11 is 5.98. The van der Waals surface area contributed by atoms with Crippen molar-refractivity contribution in [2.75, 3.05) is 50.1 Å². The van der Waals surface area contributed by atoms with Crippen molar-refractivity contribution in [3.8, 4) is 5.75 Å². The Morgan fingerprint density at radius 1 is 1.28 bits per heavy atom. The molecule has 0 saturated carbocycles. The average Bonchev–Trinajstić information content (AvgIpc) is 2.95. The first-order valence-electron chi connectivity index (χ1n) is 8.22. The van der Waals surface area contributed by atoms with Crippen LogP contribution in [0.3, 0.4) is 0 Å². The van der Waals surface area contributed by atoms with E-state index in [9.17, 15) is 13.2 Å². The predicted molar refractivity (Wildman–Crippen MR) is 97.2 cm³/mol. The standard InChI is InChI=1S/C16H22ClN3O4S/c1-24-15-3-2-12(17)10-14(15)18-16(21)20-7-5-19(6-8-20)13-4-9-25(22,23)11-13/h2-3,10,13H,4-9,11H2,1H3,(H,18,21). The summed E-state index contributed by atoms with van der Waals surface area (Å²) in [4.78, 5) is 16.4. The number of ether oxygens (including phenoxy) is 1. The molecule has 2 fully saturated rings. The molecule has 2 amide bonds. The van der Waals surface area contributed by atoms with E-state index in [-0.39, 0.29) is 23.6 Å². The van der Waals surface area contributed by atoms with E-state index in [1.54, 1.807) is 23.1 Å². The molecule has 0 spiro atoms. The molecule has 9 heteroatoms. The van der Waals surface area contributed by atoms with Gasteiger partial charge in [-0.05, 0) is 24.6 Å². The van der Waals surface area contributed by atoms with Crippen LogP contribution in [0.1, 0.15) is 6.42 Å². The first kappa shape index (κ1) is 18.3. The number of amides is 2. The number of halogens is 1. The second-order valence-electron chi connectivity index (χ2n) is 6.35. The zero-order valence-corrected chi connectivity index (χ0v) is 15.6. The van der Waals surface area contributed by atoms with Gasteiger partial charge in [-0.1, -0.05) is 11.6 Å². The van der Waals surface area contributed by atoms with Gasteiger partial charge in [0.05, 0.1) is 24.3 Å². The number of methoxy groups -OCH3 is 1. The van der Waals surface area contributed by atoms with Crippen LogP contribution in [0, 0.1) is 0 Å². The molecular formula is C16H22ClN3O4S. The quantitative estimate of drug-likeness (QED) is 0.853. The van der Waals surface area contributed by atoms with Crippen molar-refractivity contribution in [1.29, 1.82) is 0 Å². The monoisotopic (exact) mass is 387 g/mol. The van der Waals surface area contributed by atoms with Gasteiger partial charge in [-0.25, -0.2) is 13.2 Å². The fourth-order valence-corrected chi connectivity index (χ4v) is 5.26. The Labute approximate surface area is 152 Å². The number of benzene rings is 1. The molecule has 25 heavy (non-hydrogen) atoms. The minimum absolute atomic E-state index is 0.0863. The van der Waals surface area contributed by atoms with Crippen LogP contribution in [-0.4, -0.2) is 75.1 Å². The van der Waals surface area contributed by atoms with Gasteiger partial charge >= 0.3 is 6.03 Å². The third-order valence-corrected chi connectivity index (χ3v) is 6.71. The van der Waals surface area contributed by atoms with E-state index in [0.29, 0.717) is 49.1 Å². The Hall–Kier alpha value is -1.51. The number of urea groups is 1. The first-order chi connectivity index (χ1) is 11.9. The smallest absolute Gasteiger partial charge is 0.322 e. The van der Waals surface area contributed by atoms with Gasteiger partial charge < -0.3 is 15.0 Å². The molecule has 2 aliphatic rings. The summed E-state index contributed by atoms with van der Waals surface area (Å²) in [5.74, 6) is 1.05. The molecule has 1 N–H and O–H groups in total. The molecular weight excluding hydrogens is 366 g/mol. The highest BCUT2D eigenvalue weighted by molar-refractivity contribution is 7.91. The maximum atomic E-state index is 12.5. The van der Waals surface area contributed by atoms with Gasteiger partial charge in [0.2, 0.25) is 0 Å². The fraction of sp³-hybridized carbons (Fsp3) is 0.562. The number of piperazine rings is 1. The number of nitrogens with zero attached hydrogens (tertiary/aromatic N) is 2. The van der Waals surface area contributed by atoms with Crippen molar-refractivity contribution in [3.63, 3.8) is 0 Å². The highest BCUT2D eigenvalue weighted by atomic mass is 35.5. The lowest BCUT2D eigenvalue weighted by atomic mass is 10.2. The third kappa shape index (κ3) is 4.37. The fourth-order valence-electron chi connectivity index (χ4n) is 3.33. The molecule has 2 aliphatic heterocycles. The Kier molecular flexibility index (Phi) is 5.41. The predicted octanol–water partition coefficient (Wildman–Crippen LogP) is 1.69. The highest BCUT2D eigenvalue weighted by Gasteiger charge is 2.34. The van der Waals surface area contributed by atoms with Crippen molar-refractivity contribution in [1.82, 2.24) is 9.80 Å². The van der Waals surface area contributed by atoms with Crippen LogP contribution < -0.4 is 10.1 Å². The number of carbonyl (C=O) groups is 1. The van der Waals surface area contributed by atoms with Crippen molar-refractivity contribution in [3.05, 3.63) is 23.2 Å². The molecule has 0 bridgehead atoms. The summed E-state index contributed by atoms with van der Waals surface area (Å²) in [6.07, 6.45) is 0.689. The minimum Gasteiger partial charge on any atom is -0.495 e. The number of sulfone groups is 1. The van der Waals surface area contributed by atoms with Gasteiger partial charge in [0.25, 0.3) is 0 Å². The van der Waals surface area contributed by atoms with Crippen LogP contribution in [-0.2, 0) is 9.84 Å². The van der Waals surface area contributed by atoms with Crippen molar-refractivity contribution >= 4 is 33.2 Å². The summed E-state index contributed by atoms with van der Waals surface area (Å²) in [5.41, 5.74) is 0.532. The molecule has 138 valence electrons. The number of anilines is 1. The highest BCUT2D eigenvalue weighted by Crippen LogP contribution is 2.28. The molecule has 1 aromatic rings. The second-order valence-corrected chi connectivity index (χ2v) is 9.02. The van der Waals surface area contributed by atoms with Crippen LogP contribution in [0.4, 0.5) is 10.5 Å². The molecule has 3 rings (SSSR count). The molecule has 0 aliphatic carbocycles. The summed E-state index contributed by atoms with van der Waals surface area (Å²) in [7, 11) is -1.35. The Balaban J connectivity index is 1.56. The zero-order valence-electron chi connectivity index (χ0n) is 14.1. The maximum absolute atomic E-state index is 12.5. The number of hydrogen-bond acceptors (Lipinski definition) is 5. The van der Waals surface area contributed by atoms with E-state index in [1.165, 1.54) is 7.11 Å². The van der Waals surface area contributed by atoms with Crippen molar-refractivity contribution in [2.24, 2.45) is 0 Å². The lowest BCUT2D eigenvalue weighted by Crippen LogP contribution is -2.53. The molecule has 7 nitrogen and oxygen atoms in total. The Morgan fingerprint density at radius 2 is 2.00 bits per heavy atom. The Bertz CT molecular complexity index is 748. The van der Waals surface area contributed by atoms with E-state index in [1.807, 2.05) is 0 Å². The van der Waals surface area contributed by atoms with E-state index in [2.05, 4.69) is 10.2 Å². The van der Waals surface area contributed by atoms with E-state index < -0.39 is 9.84 Å². The topological polar surface area (TPSA) is 79.0 Å². The number of rotatable bonds is 3. The molecule has 0 radical (unpaired) electrons. The maximum Gasteiger partial charge on any atom is 0.322 e. The molecule has 2 saturated heterocycles. The van der Waals surface area contributed by atoms with E-state index >= 15 is 0 Å². The zero-order chi connectivity index (χ0) is 18.0. The molecule has 1 atom stereocenters. The van der Waals surface area contributed by atoms with Crippen LogP contribution >= 0.6 is 11.6 Å². The minimum atomic E-state index is -2.89. The van der Waals surface area contributed by atoms with Gasteiger partial charge in [0.15, 0.2) is 9.84 Å². The SMILES string of the molecule is COc1ccc(Cl)cc1NC(=O)N1CCN(C2CCS(=O)(=O)C2)CC1. The van der Waals surface area contributed by atoms with Gasteiger partial charge in [-0.15, -0.1) is 0 Å². The van der Waals surface area contributed by atoms with Crippen LogP contribution in [0.5, 0.6) is 5.75 Å². The third-order valence-electron chi connectivity index (χ3n) is 4.73. The summed E-state index contributed by atoms with van der Waals surface area (Å²) in [6, 6.07) is 4.93. The lowest BCUT2D eigenvalue weighted by molar-refractivity contribution is 0.121. The Morgan fingerprint density at radius 3 is 2.60 bits per heavy atom. The van der Waals surface area contributed by atoms with E-state index in [0.717, 1.165) is 0 Å². The summed E-state index contributed by atoms with van der Waals surface area (Å²) < 4.78 is 28.5. The molecule has 2 heterocycles. The summed E-state index contributed by atoms with van der Waals surface area (Å²) in [5, 5.41) is 3.35. The molecule has 0 aromatic heterocycles. The van der Waals surface area contributed by atoms with E-state index in [4.69, 9.17) is 16.3 Å². The normalized spacial score (nSPS) is 23.4. The number of nitrogens with one attached hydrogen (secondary N) is 1. The average molecular weight is 388 g/mol.